The number of hydrogen-bond donors (Lipinski definition) is 1. The van der Waals surface area contributed by atoms with E-state index in [1.807, 2.05) is 6.92 Å². The van der Waals surface area contributed by atoms with Crippen LogP contribution < -0.4 is 5.32 Å². The van der Waals surface area contributed by atoms with E-state index in [9.17, 15) is 22.8 Å². The minimum Gasteiger partial charge on any atom is -0.330 e. The minimum absolute atomic E-state index is 0.261. The van der Waals surface area contributed by atoms with Gasteiger partial charge in [0.15, 0.2) is 17.5 Å². The number of carbonyl (C=O) groups excluding carboxylic acids is 2. The first kappa shape index (κ1) is 22.5. The van der Waals surface area contributed by atoms with Gasteiger partial charge in [-0.25, -0.2) is 13.2 Å². The number of halogens is 4. The molecule has 1 aromatic carbocycles. The minimum atomic E-state index is -1.68. The van der Waals surface area contributed by atoms with Crippen molar-refractivity contribution in [1.29, 1.82) is 0 Å². The molecule has 1 heterocycles. The molecular weight excluding hydrogens is 409 g/mol. The first-order valence-corrected chi connectivity index (χ1v) is 9.12. The molecule has 2 aromatic rings. The van der Waals surface area contributed by atoms with Gasteiger partial charge in [-0.15, -0.1) is 0 Å². The van der Waals surface area contributed by atoms with E-state index in [-0.39, 0.29) is 6.54 Å². The Balaban J connectivity index is 2.10. The zero-order chi connectivity index (χ0) is 21.7. The third kappa shape index (κ3) is 5.38. The van der Waals surface area contributed by atoms with E-state index in [1.165, 1.54) is 21.7 Å². The lowest BCUT2D eigenvalue weighted by molar-refractivity contribution is -0.130. The van der Waals surface area contributed by atoms with Crippen LogP contribution in [-0.4, -0.2) is 39.6 Å². The highest BCUT2D eigenvalue weighted by atomic mass is 35.5. The molecule has 156 valence electrons. The van der Waals surface area contributed by atoms with E-state index in [1.54, 1.807) is 14.0 Å². The van der Waals surface area contributed by atoms with E-state index < -0.39 is 41.5 Å². The predicted octanol–water partition coefficient (Wildman–Crippen LogP) is 3.69. The van der Waals surface area contributed by atoms with Crippen LogP contribution in [0, 0.1) is 24.4 Å². The molecule has 2 rings (SSSR count). The Kier molecular flexibility index (Phi) is 7.44. The lowest BCUT2D eigenvalue weighted by atomic mass is 10.2. The average Bonchev–Trinajstić information content (AvgIpc) is 2.91. The van der Waals surface area contributed by atoms with E-state index in [0.717, 1.165) is 6.07 Å². The Hall–Kier alpha value is -2.81. The molecule has 6 nitrogen and oxygen atoms in total. The molecule has 0 aliphatic heterocycles. The van der Waals surface area contributed by atoms with Crippen molar-refractivity contribution in [3.8, 4) is 0 Å². The van der Waals surface area contributed by atoms with E-state index >= 15 is 0 Å². The predicted molar refractivity (Wildman–Crippen MR) is 104 cm³/mol. The smallest absolute Gasteiger partial charge is 0.247 e. The van der Waals surface area contributed by atoms with E-state index in [4.69, 9.17) is 11.6 Å². The van der Waals surface area contributed by atoms with Gasteiger partial charge in [0.1, 0.15) is 11.7 Å². The average molecular weight is 429 g/mol. The Morgan fingerprint density at radius 3 is 2.55 bits per heavy atom. The summed E-state index contributed by atoms with van der Waals surface area (Å²) in [6, 6.07) is 1.61. The van der Waals surface area contributed by atoms with Crippen molar-refractivity contribution in [2.75, 3.05) is 18.4 Å². The van der Waals surface area contributed by atoms with Gasteiger partial charge in [-0.1, -0.05) is 18.5 Å². The molecule has 0 saturated carbocycles. The number of amides is 2. The van der Waals surface area contributed by atoms with Crippen LogP contribution in [-0.2, 0) is 16.6 Å². The topological polar surface area (TPSA) is 67.2 Å². The quantitative estimate of drug-likeness (QED) is 0.540. The molecular formula is C19H20ClF3N4O2. The second-order valence-electron chi connectivity index (χ2n) is 6.28. The highest BCUT2D eigenvalue weighted by molar-refractivity contribution is 6.31. The first-order chi connectivity index (χ1) is 13.6. The second kappa shape index (κ2) is 9.60. The van der Waals surface area contributed by atoms with Crippen LogP contribution in [0.4, 0.5) is 18.9 Å². The van der Waals surface area contributed by atoms with Crippen molar-refractivity contribution in [1.82, 2.24) is 14.7 Å². The fourth-order valence-corrected chi connectivity index (χ4v) is 2.86. The third-order valence-electron chi connectivity index (χ3n) is 4.04. The SMILES string of the molecule is CCCN(CC(=O)Nc1ccc(F)c(F)c1F)C(=O)/C=C/c1c(C)nn(C)c1Cl. The Morgan fingerprint density at radius 2 is 1.97 bits per heavy atom. The summed E-state index contributed by atoms with van der Waals surface area (Å²) >= 11 is 6.12. The fraction of sp³-hybridized carbons (Fsp3) is 0.316. The van der Waals surface area contributed by atoms with Gasteiger partial charge in [0.2, 0.25) is 11.8 Å². The normalized spacial score (nSPS) is 11.1. The van der Waals surface area contributed by atoms with Gasteiger partial charge in [0.05, 0.1) is 11.4 Å². The van der Waals surface area contributed by atoms with Gasteiger partial charge in [0, 0.05) is 25.2 Å². The molecule has 1 N–H and O–H groups in total. The highest BCUT2D eigenvalue weighted by Crippen LogP contribution is 2.21. The monoisotopic (exact) mass is 428 g/mol. The maximum Gasteiger partial charge on any atom is 0.247 e. The molecule has 0 saturated heterocycles. The molecule has 1 aromatic heterocycles. The zero-order valence-electron chi connectivity index (χ0n) is 16.1. The molecule has 0 radical (unpaired) electrons. The molecule has 29 heavy (non-hydrogen) atoms. The van der Waals surface area contributed by atoms with Crippen molar-refractivity contribution < 1.29 is 22.8 Å². The van der Waals surface area contributed by atoms with Crippen molar-refractivity contribution in [2.45, 2.75) is 20.3 Å². The lowest BCUT2D eigenvalue weighted by Gasteiger charge is -2.20. The number of carbonyl (C=O) groups is 2. The molecule has 0 atom stereocenters. The van der Waals surface area contributed by atoms with Gasteiger partial charge in [0.25, 0.3) is 0 Å². The summed E-state index contributed by atoms with van der Waals surface area (Å²) in [6.07, 6.45) is 3.33. The molecule has 0 spiro atoms. The summed E-state index contributed by atoms with van der Waals surface area (Å²) in [5.41, 5.74) is 0.702. The van der Waals surface area contributed by atoms with Crippen LogP contribution in [0.5, 0.6) is 0 Å². The number of anilines is 1. The van der Waals surface area contributed by atoms with Crippen LogP contribution in [0.25, 0.3) is 6.08 Å². The largest absolute Gasteiger partial charge is 0.330 e. The molecule has 0 bridgehead atoms. The van der Waals surface area contributed by atoms with E-state index in [2.05, 4.69) is 10.4 Å². The number of hydrogen-bond acceptors (Lipinski definition) is 3. The van der Waals surface area contributed by atoms with Gasteiger partial charge in [-0.3, -0.25) is 14.3 Å². The summed E-state index contributed by atoms with van der Waals surface area (Å²) in [6.45, 7) is 3.43. The molecule has 0 aliphatic carbocycles. The number of benzene rings is 1. The molecule has 0 unspecified atom stereocenters. The number of nitrogens with zero attached hydrogens (tertiary/aromatic N) is 3. The van der Waals surface area contributed by atoms with Crippen LogP contribution in [0.1, 0.15) is 24.6 Å². The maximum absolute atomic E-state index is 13.7. The first-order valence-electron chi connectivity index (χ1n) is 8.75. The molecule has 0 aliphatic rings. The molecule has 2 amide bonds. The summed E-state index contributed by atoms with van der Waals surface area (Å²) in [7, 11) is 1.67. The summed E-state index contributed by atoms with van der Waals surface area (Å²) in [5, 5.41) is 6.64. The fourth-order valence-electron chi connectivity index (χ4n) is 2.62. The van der Waals surface area contributed by atoms with Gasteiger partial charge >= 0.3 is 0 Å². The van der Waals surface area contributed by atoms with Crippen LogP contribution >= 0.6 is 11.6 Å². The molecule has 10 heteroatoms. The van der Waals surface area contributed by atoms with Crippen molar-refractivity contribution in [2.24, 2.45) is 7.05 Å². The Labute approximate surface area is 170 Å². The van der Waals surface area contributed by atoms with Gasteiger partial charge < -0.3 is 10.2 Å². The number of aryl methyl sites for hydroxylation is 2. The zero-order valence-corrected chi connectivity index (χ0v) is 16.9. The van der Waals surface area contributed by atoms with Gasteiger partial charge in [-0.05, 0) is 31.6 Å². The van der Waals surface area contributed by atoms with Gasteiger partial charge in [-0.2, -0.15) is 5.10 Å². The summed E-state index contributed by atoms with van der Waals surface area (Å²) in [4.78, 5) is 25.9. The van der Waals surface area contributed by atoms with Crippen molar-refractivity contribution >= 4 is 35.2 Å². The van der Waals surface area contributed by atoms with Crippen molar-refractivity contribution in [3.63, 3.8) is 0 Å². The number of aromatic nitrogens is 2. The summed E-state index contributed by atoms with van der Waals surface area (Å²) < 4.78 is 41.5. The lowest BCUT2D eigenvalue weighted by Crippen LogP contribution is -2.37. The van der Waals surface area contributed by atoms with E-state index in [0.29, 0.717) is 28.9 Å². The second-order valence-corrected chi connectivity index (χ2v) is 6.64. The Morgan fingerprint density at radius 1 is 1.28 bits per heavy atom. The summed E-state index contributed by atoms with van der Waals surface area (Å²) in [5.74, 6) is -5.77. The third-order valence-corrected chi connectivity index (χ3v) is 4.49. The van der Waals surface area contributed by atoms with Crippen LogP contribution in [0.15, 0.2) is 18.2 Å². The maximum atomic E-state index is 13.7. The Bertz CT molecular complexity index is 959. The number of rotatable bonds is 7. The van der Waals surface area contributed by atoms with Crippen molar-refractivity contribution in [3.05, 3.63) is 52.1 Å². The van der Waals surface area contributed by atoms with Crippen LogP contribution in [0.3, 0.4) is 0 Å². The molecule has 0 fully saturated rings. The standard InChI is InChI=1S/C19H20ClF3N4O2/c1-4-9-27(16(29)8-5-12-11(2)25-26(3)19(12)20)10-15(28)24-14-7-6-13(21)17(22)18(14)23/h5-8H,4,9-10H2,1-3H3,(H,24,28)/b8-5+. The highest BCUT2D eigenvalue weighted by Gasteiger charge is 2.19. The number of nitrogens with one attached hydrogen (secondary N) is 1. The van der Waals surface area contributed by atoms with Crippen LogP contribution in [0.2, 0.25) is 5.15 Å².